The summed E-state index contributed by atoms with van der Waals surface area (Å²) in [7, 11) is 1.83. The minimum atomic E-state index is -4.45. The van der Waals surface area contributed by atoms with E-state index >= 15 is 0 Å². The Hall–Kier alpha value is -2.81. The summed E-state index contributed by atoms with van der Waals surface area (Å²) in [6, 6.07) is 14.6. The van der Waals surface area contributed by atoms with Crippen molar-refractivity contribution in [3.63, 3.8) is 0 Å². The Morgan fingerprint density at radius 2 is 1.83 bits per heavy atom. The lowest BCUT2D eigenvalue weighted by molar-refractivity contribution is -0.137. The summed E-state index contributed by atoms with van der Waals surface area (Å²) in [4.78, 5) is 12.1. The Morgan fingerprint density at radius 3 is 2.55 bits per heavy atom. The second-order valence-electron chi connectivity index (χ2n) is 6.36. The lowest BCUT2D eigenvalue weighted by atomic mass is 10.1. The first-order chi connectivity index (χ1) is 13.8. The number of hydrogen-bond acceptors (Lipinski definition) is 4. The molecule has 29 heavy (non-hydrogen) atoms. The second-order valence-corrected chi connectivity index (χ2v) is 7.30. The van der Waals surface area contributed by atoms with E-state index in [9.17, 15) is 18.0 Å². The van der Waals surface area contributed by atoms with E-state index in [1.54, 1.807) is 0 Å². The van der Waals surface area contributed by atoms with Gasteiger partial charge >= 0.3 is 6.18 Å². The van der Waals surface area contributed by atoms with Crippen molar-refractivity contribution in [2.45, 2.75) is 24.2 Å². The van der Waals surface area contributed by atoms with Gasteiger partial charge in [-0.2, -0.15) is 13.2 Å². The molecular weight excluding hydrogens is 401 g/mol. The van der Waals surface area contributed by atoms with Crippen molar-refractivity contribution in [2.75, 3.05) is 11.1 Å². The number of aryl methyl sites for hydroxylation is 2. The van der Waals surface area contributed by atoms with Crippen LogP contribution in [0.2, 0.25) is 0 Å². The Balaban J connectivity index is 1.54. The number of thioether (sulfide) groups is 1. The molecule has 0 saturated carbocycles. The molecule has 0 spiro atoms. The van der Waals surface area contributed by atoms with E-state index in [2.05, 4.69) is 15.5 Å². The zero-order chi connectivity index (χ0) is 20.9. The summed E-state index contributed by atoms with van der Waals surface area (Å²) in [6.45, 7) is 0. The van der Waals surface area contributed by atoms with Gasteiger partial charge in [0.1, 0.15) is 5.82 Å². The molecule has 5 nitrogen and oxygen atoms in total. The van der Waals surface area contributed by atoms with Gasteiger partial charge in [-0.3, -0.25) is 4.79 Å². The quantitative estimate of drug-likeness (QED) is 0.578. The van der Waals surface area contributed by atoms with Gasteiger partial charge in [0.05, 0.1) is 11.3 Å². The highest BCUT2D eigenvalue weighted by Gasteiger charge is 2.30. The molecule has 0 fully saturated rings. The minimum Gasteiger partial charge on any atom is -0.325 e. The van der Waals surface area contributed by atoms with Gasteiger partial charge in [0, 0.05) is 19.2 Å². The average Bonchev–Trinajstić information content (AvgIpc) is 3.05. The van der Waals surface area contributed by atoms with Crippen LogP contribution in [0.15, 0.2) is 59.8 Å². The van der Waals surface area contributed by atoms with E-state index in [4.69, 9.17) is 0 Å². The Morgan fingerprint density at radius 1 is 1.07 bits per heavy atom. The third kappa shape index (κ3) is 5.83. The molecule has 0 radical (unpaired) electrons. The monoisotopic (exact) mass is 420 g/mol. The van der Waals surface area contributed by atoms with Crippen molar-refractivity contribution in [2.24, 2.45) is 7.05 Å². The van der Waals surface area contributed by atoms with Crippen molar-refractivity contribution >= 4 is 23.4 Å². The summed E-state index contributed by atoms with van der Waals surface area (Å²) in [5, 5.41) is 11.3. The topological polar surface area (TPSA) is 59.8 Å². The van der Waals surface area contributed by atoms with Gasteiger partial charge in [-0.1, -0.05) is 48.2 Å². The first-order valence-electron chi connectivity index (χ1n) is 8.85. The Kier molecular flexibility index (Phi) is 6.58. The number of halogens is 3. The standard InChI is InChI=1S/C20H19F3N4OS/c1-27-17(11-10-14-6-3-2-4-7-14)25-26-19(27)29-13-18(28)24-16-9-5-8-15(12-16)20(21,22)23/h2-9,12H,10-11,13H2,1H3,(H,24,28). The fourth-order valence-electron chi connectivity index (χ4n) is 2.69. The molecule has 1 aromatic heterocycles. The number of anilines is 1. The Bertz CT molecular complexity index is 973. The smallest absolute Gasteiger partial charge is 0.325 e. The van der Waals surface area contributed by atoms with Crippen LogP contribution >= 0.6 is 11.8 Å². The molecule has 0 saturated heterocycles. The molecule has 0 unspecified atom stereocenters. The maximum Gasteiger partial charge on any atom is 0.416 e. The van der Waals surface area contributed by atoms with Crippen LogP contribution in [0.1, 0.15) is 17.0 Å². The molecule has 0 bridgehead atoms. The highest BCUT2D eigenvalue weighted by Crippen LogP contribution is 2.30. The number of nitrogens with zero attached hydrogens (tertiary/aromatic N) is 3. The molecular formula is C20H19F3N4OS. The summed E-state index contributed by atoms with van der Waals surface area (Å²) in [5.41, 5.74) is 0.497. The molecule has 152 valence electrons. The van der Waals surface area contributed by atoms with Crippen LogP contribution in [0.25, 0.3) is 0 Å². The fraction of sp³-hybridized carbons (Fsp3) is 0.250. The van der Waals surface area contributed by atoms with Crippen LogP contribution in [-0.4, -0.2) is 26.4 Å². The highest BCUT2D eigenvalue weighted by molar-refractivity contribution is 7.99. The van der Waals surface area contributed by atoms with E-state index in [0.717, 1.165) is 24.4 Å². The van der Waals surface area contributed by atoms with E-state index in [-0.39, 0.29) is 11.4 Å². The number of benzene rings is 2. The van der Waals surface area contributed by atoms with Crippen LogP contribution in [0.4, 0.5) is 18.9 Å². The molecule has 3 aromatic rings. The lowest BCUT2D eigenvalue weighted by Gasteiger charge is -2.09. The molecule has 3 rings (SSSR count). The largest absolute Gasteiger partial charge is 0.416 e. The minimum absolute atomic E-state index is 0.0148. The molecule has 1 N–H and O–H groups in total. The normalized spacial score (nSPS) is 11.4. The SMILES string of the molecule is Cn1c(CCc2ccccc2)nnc1SCC(=O)Nc1cccc(C(F)(F)F)c1. The van der Waals surface area contributed by atoms with Crippen molar-refractivity contribution in [3.05, 3.63) is 71.5 Å². The van der Waals surface area contributed by atoms with Crippen LogP contribution < -0.4 is 5.32 Å². The van der Waals surface area contributed by atoms with Crippen LogP contribution in [0.3, 0.4) is 0 Å². The van der Waals surface area contributed by atoms with E-state index in [0.29, 0.717) is 11.6 Å². The summed E-state index contributed by atoms with van der Waals surface area (Å²) in [6.07, 6.45) is -2.91. The van der Waals surface area contributed by atoms with Gasteiger partial charge in [0.2, 0.25) is 5.91 Å². The molecule has 2 aromatic carbocycles. The van der Waals surface area contributed by atoms with Crippen molar-refractivity contribution in [3.8, 4) is 0 Å². The number of alkyl halides is 3. The zero-order valence-corrected chi connectivity index (χ0v) is 16.4. The third-order valence-corrected chi connectivity index (χ3v) is 5.23. The predicted octanol–water partition coefficient (Wildman–Crippen LogP) is 4.35. The van der Waals surface area contributed by atoms with E-state index in [1.807, 2.05) is 41.9 Å². The molecule has 9 heteroatoms. The van der Waals surface area contributed by atoms with Crippen molar-refractivity contribution in [1.29, 1.82) is 0 Å². The summed E-state index contributed by atoms with van der Waals surface area (Å²) < 4.78 is 40.1. The Labute approximate surface area is 170 Å². The van der Waals surface area contributed by atoms with E-state index < -0.39 is 17.6 Å². The van der Waals surface area contributed by atoms with E-state index in [1.165, 1.54) is 29.5 Å². The van der Waals surface area contributed by atoms with Crippen molar-refractivity contribution < 1.29 is 18.0 Å². The summed E-state index contributed by atoms with van der Waals surface area (Å²) in [5.74, 6) is 0.402. The molecule has 1 amide bonds. The van der Waals surface area contributed by atoms with Gasteiger partial charge in [0.15, 0.2) is 5.16 Å². The van der Waals surface area contributed by atoms with Crippen LogP contribution in [0.5, 0.6) is 0 Å². The first kappa shape index (κ1) is 20.9. The van der Waals surface area contributed by atoms with Gasteiger partial charge in [-0.25, -0.2) is 0 Å². The van der Waals surface area contributed by atoms with Gasteiger partial charge in [0.25, 0.3) is 0 Å². The number of aromatic nitrogens is 3. The lowest BCUT2D eigenvalue weighted by Crippen LogP contribution is -2.15. The van der Waals surface area contributed by atoms with Gasteiger partial charge in [-0.05, 0) is 30.2 Å². The predicted molar refractivity (Wildman–Crippen MR) is 106 cm³/mol. The second kappa shape index (κ2) is 9.13. The number of nitrogens with one attached hydrogen (secondary N) is 1. The fourth-order valence-corrected chi connectivity index (χ4v) is 3.42. The van der Waals surface area contributed by atoms with Crippen LogP contribution in [0, 0.1) is 0 Å². The number of hydrogen-bond donors (Lipinski definition) is 1. The van der Waals surface area contributed by atoms with Crippen molar-refractivity contribution in [1.82, 2.24) is 14.8 Å². The average molecular weight is 420 g/mol. The molecule has 0 aliphatic heterocycles. The van der Waals surface area contributed by atoms with Crippen LogP contribution in [-0.2, 0) is 30.9 Å². The number of rotatable bonds is 7. The van der Waals surface area contributed by atoms with Gasteiger partial charge in [-0.15, -0.1) is 10.2 Å². The zero-order valence-electron chi connectivity index (χ0n) is 15.6. The number of amides is 1. The first-order valence-corrected chi connectivity index (χ1v) is 9.83. The molecule has 0 aliphatic carbocycles. The van der Waals surface area contributed by atoms with Gasteiger partial charge < -0.3 is 9.88 Å². The number of carbonyl (C=O) groups is 1. The maximum atomic E-state index is 12.8. The molecule has 0 aliphatic rings. The molecule has 0 atom stereocenters. The summed E-state index contributed by atoms with van der Waals surface area (Å²) >= 11 is 1.18. The molecule has 1 heterocycles. The maximum absolute atomic E-state index is 12.8. The third-order valence-electron chi connectivity index (χ3n) is 4.21. The number of carbonyl (C=O) groups excluding carboxylic acids is 1. The highest BCUT2D eigenvalue weighted by atomic mass is 32.2.